The summed E-state index contributed by atoms with van der Waals surface area (Å²) in [5.74, 6) is 1.09. The van der Waals surface area contributed by atoms with E-state index in [1.165, 1.54) is 5.56 Å². The Balaban J connectivity index is 1.99. The number of nitrogens with one attached hydrogen (secondary N) is 1. The average Bonchev–Trinajstić information content (AvgIpc) is 2.75. The van der Waals surface area contributed by atoms with Crippen molar-refractivity contribution in [1.29, 1.82) is 0 Å². The van der Waals surface area contributed by atoms with Crippen LogP contribution in [0.3, 0.4) is 0 Å². The van der Waals surface area contributed by atoms with E-state index in [1.54, 1.807) is 0 Å². The predicted octanol–water partition coefficient (Wildman–Crippen LogP) is 3.21. The molecule has 1 aromatic carbocycles. The van der Waals surface area contributed by atoms with Crippen LogP contribution in [0.15, 0.2) is 36.7 Å². The van der Waals surface area contributed by atoms with Gasteiger partial charge in [0.05, 0.1) is 6.54 Å². The van der Waals surface area contributed by atoms with Gasteiger partial charge in [-0.2, -0.15) is 0 Å². The van der Waals surface area contributed by atoms with Crippen LogP contribution in [0.4, 0.5) is 5.69 Å². The number of aromatic nitrogens is 2. The number of rotatable bonds is 5. The minimum Gasteiger partial charge on any atom is -0.378 e. The minimum absolute atomic E-state index is 0.774. The lowest BCUT2D eigenvalue weighted by Gasteiger charge is -2.09. The maximum absolute atomic E-state index is 4.37. The molecule has 0 aliphatic heterocycles. The molecule has 0 unspecified atom stereocenters. The van der Waals surface area contributed by atoms with Crippen molar-refractivity contribution in [3.8, 4) is 0 Å². The minimum atomic E-state index is 0.774. The topological polar surface area (TPSA) is 29.9 Å². The molecule has 0 atom stereocenters. The Morgan fingerprint density at radius 3 is 3.00 bits per heavy atom. The van der Waals surface area contributed by atoms with Crippen molar-refractivity contribution >= 4 is 5.69 Å². The summed E-state index contributed by atoms with van der Waals surface area (Å²) in [5.41, 5.74) is 2.42. The van der Waals surface area contributed by atoms with Gasteiger partial charge in [0, 0.05) is 24.6 Å². The highest BCUT2D eigenvalue weighted by molar-refractivity contribution is 5.45. The van der Waals surface area contributed by atoms with E-state index in [1.807, 2.05) is 12.4 Å². The van der Waals surface area contributed by atoms with E-state index in [0.29, 0.717) is 0 Å². The summed E-state index contributed by atoms with van der Waals surface area (Å²) in [6.45, 7) is 6.09. The van der Waals surface area contributed by atoms with Gasteiger partial charge in [0.15, 0.2) is 0 Å². The molecule has 3 nitrogen and oxygen atoms in total. The zero-order valence-corrected chi connectivity index (χ0v) is 10.5. The zero-order valence-electron chi connectivity index (χ0n) is 10.5. The van der Waals surface area contributed by atoms with E-state index in [-0.39, 0.29) is 0 Å². The van der Waals surface area contributed by atoms with Gasteiger partial charge in [-0.15, -0.1) is 0 Å². The molecule has 0 saturated carbocycles. The Hall–Kier alpha value is -1.77. The lowest BCUT2D eigenvalue weighted by Crippen LogP contribution is -2.08. The predicted molar refractivity (Wildman–Crippen MR) is 71.0 cm³/mol. The number of benzene rings is 1. The second-order valence-corrected chi connectivity index (χ2v) is 4.26. The standard InChI is InChI=1S/C14H19N3/c1-3-8-17-9-7-15-14(17)11-16-13-6-4-5-12(2)10-13/h4-7,9-10,16H,3,8,11H2,1-2H3. The van der Waals surface area contributed by atoms with E-state index in [2.05, 4.69) is 53.0 Å². The molecule has 0 aliphatic rings. The lowest BCUT2D eigenvalue weighted by atomic mass is 10.2. The van der Waals surface area contributed by atoms with Crippen molar-refractivity contribution < 1.29 is 0 Å². The number of anilines is 1. The van der Waals surface area contributed by atoms with Crippen molar-refractivity contribution in [1.82, 2.24) is 9.55 Å². The van der Waals surface area contributed by atoms with Gasteiger partial charge in [0.25, 0.3) is 0 Å². The van der Waals surface area contributed by atoms with Gasteiger partial charge in [-0.3, -0.25) is 0 Å². The van der Waals surface area contributed by atoms with Crippen LogP contribution in [0, 0.1) is 6.92 Å². The van der Waals surface area contributed by atoms with Crippen LogP contribution in [0.25, 0.3) is 0 Å². The zero-order chi connectivity index (χ0) is 12.1. The quantitative estimate of drug-likeness (QED) is 0.853. The first-order valence-electron chi connectivity index (χ1n) is 6.10. The largest absolute Gasteiger partial charge is 0.378 e. The van der Waals surface area contributed by atoms with Crippen LogP contribution >= 0.6 is 0 Å². The van der Waals surface area contributed by atoms with Crippen LogP contribution in [0.1, 0.15) is 24.7 Å². The van der Waals surface area contributed by atoms with Crippen molar-refractivity contribution in [3.63, 3.8) is 0 Å². The molecule has 1 N–H and O–H groups in total. The first-order valence-corrected chi connectivity index (χ1v) is 6.10. The highest BCUT2D eigenvalue weighted by atomic mass is 15.1. The molecule has 17 heavy (non-hydrogen) atoms. The van der Waals surface area contributed by atoms with Gasteiger partial charge in [0.1, 0.15) is 5.82 Å². The van der Waals surface area contributed by atoms with Crippen LogP contribution in [-0.2, 0) is 13.1 Å². The van der Waals surface area contributed by atoms with E-state index in [9.17, 15) is 0 Å². The van der Waals surface area contributed by atoms with Gasteiger partial charge >= 0.3 is 0 Å². The molecule has 90 valence electrons. The van der Waals surface area contributed by atoms with E-state index in [0.717, 1.165) is 31.0 Å². The molecule has 0 fully saturated rings. The highest BCUT2D eigenvalue weighted by Crippen LogP contribution is 2.11. The molecular formula is C14H19N3. The molecule has 0 radical (unpaired) electrons. The monoisotopic (exact) mass is 229 g/mol. The van der Waals surface area contributed by atoms with Crippen LogP contribution < -0.4 is 5.32 Å². The Bertz CT molecular complexity index is 474. The lowest BCUT2D eigenvalue weighted by molar-refractivity contribution is 0.644. The maximum atomic E-state index is 4.37. The third-order valence-corrected chi connectivity index (χ3v) is 2.73. The van der Waals surface area contributed by atoms with Gasteiger partial charge < -0.3 is 9.88 Å². The molecule has 2 rings (SSSR count). The summed E-state index contributed by atoms with van der Waals surface area (Å²) in [4.78, 5) is 4.37. The first kappa shape index (κ1) is 11.7. The summed E-state index contributed by atoms with van der Waals surface area (Å²) in [6, 6.07) is 8.40. The normalized spacial score (nSPS) is 10.5. The molecule has 2 aromatic rings. The molecule has 0 spiro atoms. The fourth-order valence-corrected chi connectivity index (χ4v) is 1.89. The number of hydrogen-bond acceptors (Lipinski definition) is 2. The van der Waals surface area contributed by atoms with Gasteiger partial charge in [-0.1, -0.05) is 19.1 Å². The third kappa shape index (κ3) is 3.09. The number of aryl methyl sites for hydroxylation is 2. The molecule has 0 bridgehead atoms. The first-order chi connectivity index (χ1) is 8.29. The van der Waals surface area contributed by atoms with Gasteiger partial charge in [-0.25, -0.2) is 4.98 Å². The maximum Gasteiger partial charge on any atom is 0.128 e. The highest BCUT2D eigenvalue weighted by Gasteiger charge is 2.01. The van der Waals surface area contributed by atoms with Crippen molar-refractivity contribution in [2.45, 2.75) is 33.4 Å². The average molecular weight is 229 g/mol. The van der Waals surface area contributed by atoms with Crippen molar-refractivity contribution in [2.24, 2.45) is 0 Å². The second-order valence-electron chi connectivity index (χ2n) is 4.26. The fraction of sp³-hybridized carbons (Fsp3) is 0.357. The Morgan fingerprint density at radius 1 is 1.35 bits per heavy atom. The molecule has 1 heterocycles. The third-order valence-electron chi connectivity index (χ3n) is 2.73. The summed E-state index contributed by atoms with van der Waals surface area (Å²) >= 11 is 0. The van der Waals surface area contributed by atoms with E-state index < -0.39 is 0 Å². The summed E-state index contributed by atoms with van der Waals surface area (Å²) < 4.78 is 2.20. The van der Waals surface area contributed by atoms with Crippen LogP contribution in [0.2, 0.25) is 0 Å². The van der Waals surface area contributed by atoms with Crippen LogP contribution in [-0.4, -0.2) is 9.55 Å². The van der Waals surface area contributed by atoms with Crippen LogP contribution in [0.5, 0.6) is 0 Å². The van der Waals surface area contributed by atoms with Crippen molar-refractivity contribution in [3.05, 3.63) is 48.0 Å². The Morgan fingerprint density at radius 2 is 2.24 bits per heavy atom. The number of hydrogen-bond donors (Lipinski definition) is 1. The van der Waals surface area contributed by atoms with Crippen molar-refractivity contribution in [2.75, 3.05) is 5.32 Å². The molecule has 1 aromatic heterocycles. The fourth-order valence-electron chi connectivity index (χ4n) is 1.89. The number of imidazole rings is 1. The van der Waals surface area contributed by atoms with Gasteiger partial charge in [-0.05, 0) is 31.0 Å². The SMILES string of the molecule is CCCn1ccnc1CNc1cccc(C)c1. The Kier molecular flexibility index (Phi) is 3.81. The summed E-state index contributed by atoms with van der Waals surface area (Å²) in [6.07, 6.45) is 5.04. The molecular weight excluding hydrogens is 210 g/mol. The van der Waals surface area contributed by atoms with E-state index in [4.69, 9.17) is 0 Å². The molecule has 0 saturated heterocycles. The number of nitrogens with zero attached hydrogens (tertiary/aromatic N) is 2. The summed E-state index contributed by atoms with van der Waals surface area (Å²) in [7, 11) is 0. The molecule has 0 aliphatic carbocycles. The smallest absolute Gasteiger partial charge is 0.128 e. The second kappa shape index (κ2) is 5.53. The van der Waals surface area contributed by atoms with Gasteiger partial charge in [0.2, 0.25) is 0 Å². The molecule has 3 heteroatoms. The molecule has 0 amide bonds. The Labute approximate surface area is 103 Å². The summed E-state index contributed by atoms with van der Waals surface area (Å²) in [5, 5.41) is 3.40. The van der Waals surface area contributed by atoms with E-state index >= 15 is 0 Å².